The van der Waals surface area contributed by atoms with Gasteiger partial charge in [0.1, 0.15) is 11.5 Å². The predicted molar refractivity (Wildman–Crippen MR) is 135 cm³/mol. The van der Waals surface area contributed by atoms with Crippen LogP contribution in [-0.2, 0) is 10.0 Å². The smallest absolute Gasteiger partial charge is 0.264 e. The van der Waals surface area contributed by atoms with Gasteiger partial charge in [-0.3, -0.25) is 4.31 Å². The molecule has 2 N–H and O–H groups in total. The summed E-state index contributed by atoms with van der Waals surface area (Å²) < 4.78 is 29.5. The Hall–Kier alpha value is -3.77. The molecule has 0 saturated carbocycles. The van der Waals surface area contributed by atoms with Crippen molar-refractivity contribution in [3.8, 4) is 33.8 Å². The fourth-order valence-electron chi connectivity index (χ4n) is 4.74. The van der Waals surface area contributed by atoms with E-state index in [1.807, 2.05) is 61.5 Å². The van der Waals surface area contributed by atoms with Crippen molar-refractivity contribution in [2.75, 3.05) is 4.31 Å². The van der Waals surface area contributed by atoms with Crippen molar-refractivity contribution in [1.29, 1.82) is 0 Å². The molecular weight excluding hydrogens is 446 g/mol. The minimum absolute atomic E-state index is 0.0580. The third-order valence-corrected chi connectivity index (χ3v) is 8.27. The van der Waals surface area contributed by atoms with E-state index in [1.54, 1.807) is 19.1 Å². The Balaban J connectivity index is 1.76. The van der Waals surface area contributed by atoms with Gasteiger partial charge < -0.3 is 10.2 Å². The SMILES string of the molecule is CCC1c2ccccc2-c2cc(-c3ccccc3O)ccc2N1S(=O)(=O)c1ccc(O)c(C)c1. The molecule has 172 valence electrons. The first-order chi connectivity index (χ1) is 16.3. The van der Waals surface area contributed by atoms with Crippen molar-refractivity contribution in [3.63, 3.8) is 0 Å². The molecule has 1 aliphatic heterocycles. The van der Waals surface area contributed by atoms with Gasteiger partial charge >= 0.3 is 0 Å². The first-order valence-electron chi connectivity index (χ1n) is 11.2. The largest absolute Gasteiger partial charge is 0.508 e. The number of phenols is 2. The lowest BCUT2D eigenvalue weighted by Gasteiger charge is -2.39. The standard InChI is InChI=1S/C28H25NO4S/c1-3-25-23-10-5-4-9-22(23)24-17-19(21-8-6-7-11-28(21)31)12-14-26(24)29(25)34(32,33)20-13-15-27(30)18(2)16-20/h4-17,25,30-31H,3H2,1-2H3. The van der Waals surface area contributed by atoms with Crippen molar-refractivity contribution in [2.24, 2.45) is 0 Å². The van der Waals surface area contributed by atoms with Gasteiger partial charge in [-0.15, -0.1) is 0 Å². The van der Waals surface area contributed by atoms with E-state index in [9.17, 15) is 18.6 Å². The molecule has 0 fully saturated rings. The first-order valence-corrected chi connectivity index (χ1v) is 12.6. The maximum Gasteiger partial charge on any atom is 0.264 e. The summed E-state index contributed by atoms with van der Waals surface area (Å²) in [5.74, 6) is 0.227. The van der Waals surface area contributed by atoms with Gasteiger partial charge in [-0.2, -0.15) is 0 Å². The fraction of sp³-hybridized carbons (Fsp3) is 0.143. The van der Waals surface area contributed by atoms with E-state index in [-0.39, 0.29) is 22.4 Å². The second-order valence-electron chi connectivity index (χ2n) is 8.51. The number of nitrogens with zero attached hydrogens (tertiary/aromatic N) is 1. The maximum atomic E-state index is 14.0. The highest BCUT2D eigenvalue weighted by Crippen LogP contribution is 2.49. The Morgan fingerprint density at radius 3 is 2.21 bits per heavy atom. The van der Waals surface area contributed by atoms with Gasteiger partial charge in [0.05, 0.1) is 16.6 Å². The first kappa shape index (κ1) is 22.0. The van der Waals surface area contributed by atoms with Crippen LogP contribution in [0.4, 0.5) is 5.69 Å². The van der Waals surface area contributed by atoms with Gasteiger partial charge in [0.2, 0.25) is 0 Å². The number of fused-ring (bicyclic) bond motifs is 3. The molecule has 0 aliphatic carbocycles. The van der Waals surface area contributed by atoms with Crippen LogP contribution < -0.4 is 4.31 Å². The Bertz CT molecular complexity index is 1510. The summed E-state index contributed by atoms with van der Waals surface area (Å²) in [6, 6.07) is 24.6. The minimum atomic E-state index is -3.93. The van der Waals surface area contributed by atoms with Crippen LogP contribution in [0.15, 0.2) is 89.8 Å². The van der Waals surface area contributed by atoms with Crippen molar-refractivity contribution in [2.45, 2.75) is 31.2 Å². The second kappa shape index (κ2) is 8.22. The Labute approximate surface area is 199 Å². The molecule has 4 aromatic rings. The summed E-state index contributed by atoms with van der Waals surface area (Å²) in [4.78, 5) is 0.136. The van der Waals surface area contributed by atoms with Crippen LogP contribution in [0, 0.1) is 6.92 Å². The van der Waals surface area contributed by atoms with Crippen LogP contribution >= 0.6 is 0 Å². The van der Waals surface area contributed by atoms with E-state index in [0.717, 1.165) is 22.3 Å². The molecule has 0 radical (unpaired) electrons. The van der Waals surface area contributed by atoms with E-state index in [0.29, 0.717) is 23.2 Å². The van der Waals surface area contributed by atoms with Crippen molar-refractivity contribution < 1.29 is 18.6 Å². The number of aryl methyl sites for hydroxylation is 1. The molecule has 1 aliphatic rings. The van der Waals surface area contributed by atoms with E-state index in [1.165, 1.54) is 22.5 Å². The van der Waals surface area contributed by atoms with Crippen LogP contribution in [0.1, 0.15) is 30.5 Å². The number of benzene rings is 4. The van der Waals surface area contributed by atoms with Crippen LogP contribution in [-0.4, -0.2) is 18.6 Å². The van der Waals surface area contributed by atoms with E-state index in [4.69, 9.17) is 0 Å². The van der Waals surface area contributed by atoms with Gasteiger partial charge in [0.25, 0.3) is 10.0 Å². The molecule has 5 nitrogen and oxygen atoms in total. The molecule has 6 heteroatoms. The summed E-state index contributed by atoms with van der Waals surface area (Å²) in [6.45, 7) is 3.66. The van der Waals surface area contributed by atoms with E-state index in [2.05, 4.69) is 0 Å². The Morgan fingerprint density at radius 1 is 0.794 bits per heavy atom. The van der Waals surface area contributed by atoms with Crippen molar-refractivity contribution >= 4 is 15.7 Å². The molecule has 0 bridgehead atoms. The predicted octanol–water partition coefficient (Wildman–Crippen LogP) is 6.40. The van der Waals surface area contributed by atoms with Crippen molar-refractivity contribution in [3.05, 3.63) is 96.1 Å². The van der Waals surface area contributed by atoms with E-state index < -0.39 is 10.0 Å². The minimum Gasteiger partial charge on any atom is -0.508 e. The molecule has 0 amide bonds. The van der Waals surface area contributed by atoms with Gasteiger partial charge in [-0.25, -0.2) is 8.42 Å². The number of phenolic OH excluding ortho intramolecular Hbond substituents is 2. The number of hydrogen-bond donors (Lipinski definition) is 2. The monoisotopic (exact) mass is 471 g/mol. The third-order valence-electron chi connectivity index (χ3n) is 6.45. The zero-order valence-corrected chi connectivity index (χ0v) is 19.8. The van der Waals surface area contributed by atoms with Crippen LogP contribution in [0.5, 0.6) is 11.5 Å². The summed E-state index contributed by atoms with van der Waals surface area (Å²) >= 11 is 0. The average Bonchev–Trinajstić information content (AvgIpc) is 2.84. The number of sulfonamides is 1. The molecule has 0 saturated heterocycles. The maximum absolute atomic E-state index is 14.0. The molecule has 5 rings (SSSR count). The highest BCUT2D eigenvalue weighted by molar-refractivity contribution is 7.92. The lowest BCUT2D eigenvalue weighted by Crippen LogP contribution is -2.37. The summed E-state index contributed by atoms with van der Waals surface area (Å²) in [5.41, 5.74) is 5.29. The number of aromatic hydroxyl groups is 2. The van der Waals surface area contributed by atoms with Gasteiger partial charge in [-0.1, -0.05) is 55.5 Å². The molecule has 1 atom stereocenters. The van der Waals surface area contributed by atoms with Crippen LogP contribution in [0.2, 0.25) is 0 Å². The average molecular weight is 472 g/mol. The molecule has 0 aromatic heterocycles. The topological polar surface area (TPSA) is 77.8 Å². The molecule has 1 unspecified atom stereocenters. The summed E-state index contributed by atoms with van der Waals surface area (Å²) in [6.07, 6.45) is 0.591. The summed E-state index contributed by atoms with van der Waals surface area (Å²) in [7, 11) is -3.93. The number of anilines is 1. The van der Waals surface area contributed by atoms with Gasteiger partial charge in [-0.05, 0) is 72.0 Å². The Morgan fingerprint density at radius 2 is 1.50 bits per heavy atom. The second-order valence-corrected chi connectivity index (χ2v) is 10.3. The molecular formula is C28H25NO4S. The zero-order chi connectivity index (χ0) is 24.0. The van der Waals surface area contributed by atoms with E-state index >= 15 is 0 Å². The highest BCUT2D eigenvalue weighted by Gasteiger charge is 2.38. The van der Waals surface area contributed by atoms with Crippen molar-refractivity contribution in [1.82, 2.24) is 0 Å². The number of rotatable bonds is 4. The lowest BCUT2D eigenvalue weighted by atomic mass is 9.87. The van der Waals surface area contributed by atoms with Gasteiger partial charge in [0, 0.05) is 11.1 Å². The normalized spacial score (nSPS) is 15.0. The van der Waals surface area contributed by atoms with Gasteiger partial charge in [0.15, 0.2) is 0 Å². The zero-order valence-electron chi connectivity index (χ0n) is 18.9. The molecule has 0 spiro atoms. The highest BCUT2D eigenvalue weighted by atomic mass is 32.2. The summed E-state index contributed by atoms with van der Waals surface area (Å²) in [5, 5.41) is 20.3. The molecule has 34 heavy (non-hydrogen) atoms. The quantitative estimate of drug-likeness (QED) is 0.361. The fourth-order valence-corrected chi connectivity index (χ4v) is 6.55. The number of para-hydroxylation sites is 1. The lowest BCUT2D eigenvalue weighted by molar-refractivity contribution is 0.470. The molecule has 1 heterocycles. The Kier molecular flexibility index (Phi) is 5.33. The van der Waals surface area contributed by atoms with Crippen LogP contribution in [0.25, 0.3) is 22.3 Å². The third kappa shape index (κ3) is 3.42. The number of hydrogen-bond acceptors (Lipinski definition) is 4. The van der Waals surface area contributed by atoms with Crippen LogP contribution in [0.3, 0.4) is 0 Å². The molecule has 4 aromatic carbocycles.